The average Bonchev–Trinajstić information content (AvgIpc) is 2.56. The molecule has 25 heavy (non-hydrogen) atoms. The number of likely N-dealkylation sites (N-methyl/N-ethyl adjacent to an activating group) is 1. The summed E-state index contributed by atoms with van der Waals surface area (Å²) in [5.41, 5.74) is 4.15. The zero-order valence-corrected chi connectivity index (χ0v) is 16.2. The minimum Gasteiger partial charge on any atom is -0.336 e. The van der Waals surface area contributed by atoms with Crippen molar-refractivity contribution >= 4 is 17.5 Å². The Morgan fingerprint density at radius 1 is 1.08 bits per heavy atom. The molecule has 1 aromatic rings. The standard InChI is InChI=1S/C21H32N2O2/c1-15-12-16(2)21(17(3)13-15)22-19(24)14-23(4)20(25)11-10-18-8-6-5-7-9-18/h12-13,18H,5-11,14H2,1-4H3,(H,22,24). The summed E-state index contributed by atoms with van der Waals surface area (Å²) >= 11 is 0. The van der Waals surface area contributed by atoms with Gasteiger partial charge in [0.05, 0.1) is 6.54 Å². The van der Waals surface area contributed by atoms with E-state index in [0.717, 1.165) is 23.2 Å². The van der Waals surface area contributed by atoms with E-state index in [9.17, 15) is 9.59 Å². The fraction of sp³-hybridized carbons (Fsp3) is 0.619. The number of rotatable bonds is 6. The molecule has 2 rings (SSSR count). The molecular formula is C21H32N2O2. The fourth-order valence-electron chi connectivity index (χ4n) is 3.85. The molecule has 1 saturated carbocycles. The minimum atomic E-state index is -0.136. The van der Waals surface area contributed by atoms with E-state index in [1.54, 1.807) is 11.9 Å². The largest absolute Gasteiger partial charge is 0.336 e. The summed E-state index contributed by atoms with van der Waals surface area (Å²) in [6, 6.07) is 4.11. The van der Waals surface area contributed by atoms with Crippen LogP contribution in [0, 0.1) is 26.7 Å². The number of nitrogens with one attached hydrogen (secondary N) is 1. The van der Waals surface area contributed by atoms with Crippen molar-refractivity contribution < 1.29 is 9.59 Å². The number of carbonyl (C=O) groups excluding carboxylic acids is 2. The Bertz CT molecular complexity index is 595. The van der Waals surface area contributed by atoms with Crippen LogP contribution in [-0.2, 0) is 9.59 Å². The van der Waals surface area contributed by atoms with Crippen LogP contribution in [0.1, 0.15) is 61.6 Å². The van der Waals surface area contributed by atoms with Gasteiger partial charge in [0.1, 0.15) is 0 Å². The van der Waals surface area contributed by atoms with Crippen LogP contribution in [0.3, 0.4) is 0 Å². The molecule has 0 aromatic heterocycles. The summed E-state index contributed by atoms with van der Waals surface area (Å²) in [5.74, 6) is 0.624. The van der Waals surface area contributed by atoms with Gasteiger partial charge in [-0.2, -0.15) is 0 Å². The van der Waals surface area contributed by atoms with Crippen LogP contribution in [-0.4, -0.2) is 30.3 Å². The molecular weight excluding hydrogens is 312 g/mol. The van der Waals surface area contributed by atoms with E-state index in [2.05, 4.69) is 17.4 Å². The highest BCUT2D eigenvalue weighted by atomic mass is 16.2. The van der Waals surface area contributed by atoms with Crippen molar-refractivity contribution in [3.05, 3.63) is 28.8 Å². The van der Waals surface area contributed by atoms with Crippen LogP contribution in [0.25, 0.3) is 0 Å². The van der Waals surface area contributed by atoms with Crippen LogP contribution in [0.15, 0.2) is 12.1 Å². The predicted octanol–water partition coefficient (Wildman–Crippen LogP) is 4.37. The third-order valence-corrected chi connectivity index (χ3v) is 5.24. The van der Waals surface area contributed by atoms with E-state index in [0.29, 0.717) is 12.3 Å². The number of benzene rings is 1. The van der Waals surface area contributed by atoms with E-state index in [-0.39, 0.29) is 18.4 Å². The molecule has 1 aliphatic rings. The van der Waals surface area contributed by atoms with Crippen LogP contribution < -0.4 is 5.32 Å². The Labute approximate surface area is 152 Å². The topological polar surface area (TPSA) is 49.4 Å². The first-order chi connectivity index (χ1) is 11.9. The number of aryl methyl sites for hydroxylation is 3. The van der Waals surface area contributed by atoms with Gasteiger partial charge in [-0.25, -0.2) is 0 Å². The number of amides is 2. The molecule has 1 aliphatic carbocycles. The molecule has 0 unspecified atom stereocenters. The lowest BCUT2D eigenvalue weighted by Crippen LogP contribution is -2.35. The lowest BCUT2D eigenvalue weighted by Gasteiger charge is -2.23. The smallest absolute Gasteiger partial charge is 0.243 e. The first-order valence-electron chi connectivity index (χ1n) is 9.48. The number of anilines is 1. The van der Waals surface area contributed by atoms with Gasteiger partial charge < -0.3 is 10.2 Å². The molecule has 1 N–H and O–H groups in total. The van der Waals surface area contributed by atoms with Crippen molar-refractivity contribution in [2.24, 2.45) is 5.92 Å². The van der Waals surface area contributed by atoms with Crippen LogP contribution in [0.5, 0.6) is 0 Å². The van der Waals surface area contributed by atoms with Gasteiger partial charge in [-0.05, 0) is 44.2 Å². The summed E-state index contributed by atoms with van der Waals surface area (Å²) in [5, 5.41) is 2.96. The molecule has 0 saturated heterocycles. The Morgan fingerprint density at radius 3 is 2.28 bits per heavy atom. The number of hydrogen-bond donors (Lipinski definition) is 1. The molecule has 138 valence electrons. The molecule has 2 amide bonds. The van der Waals surface area contributed by atoms with Gasteiger partial charge in [-0.15, -0.1) is 0 Å². The first-order valence-corrected chi connectivity index (χ1v) is 9.48. The zero-order valence-electron chi connectivity index (χ0n) is 16.2. The fourth-order valence-corrected chi connectivity index (χ4v) is 3.85. The molecule has 4 nitrogen and oxygen atoms in total. The Morgan fingerprint density at radius 2 is 1.68 bits per heavy atom. The lowest BCUT2D eigenvalue weighted by molar-refractivity contribution is -0.133. The third kappa shape index (κ3) is 5.87. The molecule has 0 bridgehead atoms. The van der Waals surface area contributed by atoms with E-state index < -0.39 is 0 Å². The van der Waals surface area contributed by atoms with Crippen molar-refractivity contribution in [1.82, 2.24) is 4.90 Å². The Balaban J connectivity index is 1.82. The molecule has 0 aliphatic heterocycles. The second-order valence-corrected chi connectivity index (χ2v) is 7.61. The average molecular weight is 344 g/mol. The molecule has 4 heteroatoms. The van der Waals surface area contributed by atoms with Crippen molar-refractivity contribution in [2.45, 2.75) is 65.7 Å². The number of carbonyl (C=O) groups is 2. The second-order valence-electron chi connectivity index (χ2n) is 7.61. The summed E-state index contributed by atoms with van der Waals surface area (Å²) in [4.78, 5) is 26.2. The van der Waals surface area contributed by atoms with Crippen molar-refractivity contribution in [3.8, 4) is 0 Å². The van der Waals surface area contributed by atoms with E-state index >= 15 is 0 Å². The monoisotopic (exact) mass is 344 g/mol. The van der Waals surface area contributed by atoms with Gasteiger partial charge in [-0.3, -0.25) is 9.59 Å². The summed E-state index contributed by atoms with van der Waals surface area (Å²) in [6.45, 7) is 6.14. The van der Waals surface area contributed by atoms with Crippen LogP contribution in [0.4, 0.5) is 5.69 Å². The maximum atomic E-state index is 12.3. The van der Waals surface area contributed by atoms with Gasteiger partial charge >= 0.3 is 0 Å². The van der Waals surface area contributed by atoms with Gasteiger partial charge in [0, 0.05) is 19.2 Å². The highest BCUT2D eigenvalue weighted by molar-refractivity contribution is 5.95. The van der Waals surface area contributed by atoms with Crippen LogP contribution >= 0.6 is 0 Å². The number of hydrogen-bond acceptors (Lipinski definition) is 2. The van der Waals surface area contributed by atoms with Gasteiger partial charge in [0.25, 0.3) is 0 Å². The molecule has 0 atom stereocenters. The Hall–Kier alpha value is -1.84. The second kappa shape index (κ2) is 9.02. The van der Waals surface area contributed by atoms with Gasteiger partial charge in [0.2, 0.25) is 11.8 Å². The van der Waals surface area contributed by atoms with E-state index in [1.165, 1.54) is 37.7 Å². The van der Waals surface area contributed by atoms with Gasteiger partial charge in [-0.1, -0.05) is 49.8 Å². The Kier molecular flexibility index (Phi) is 7.03. The summed E-state index contributed by atoms with van der Waals surface area (Å²) in [6.07, 6.45) is 7.95. The maximum Gasteiger partial charge on any atom is 0.243 e. The first kappa shape index (κ1) is 19.5. The predicted molar refractivity (Wildman–Crippen MR) is 103 cm³/mol. The molecule has 0 spiro atoms. The summed E-state index contributed by atoms with van der Waals surface area (Å²) in [7, 11) is 1.72. The number of nitrogens with zero attached hydrogens (tertiary/aromatic N) is 1. The molecule has 0 heterocycles. The van der Waals surface area contributed by atoms with Crippen molar-refractivity contribution in [2.75, 3.05) is 18.9 Å². The lowest BCUT2D eigenvalue weighted by atomic mass is 9.86. The quantitative estimate of drug-likeness (QED) is 0.833. The van der Waals surface area contributed by atoms with E-state index in [4.69, 9.17) is 0 Å². The summed E-state index contributed by atoms with van der Waals surface area (Å²) < 4.78 is 0. The normalized spacial score (nSPS) is 15.0. The van der Waals surface area contributed by atoms with Crippen LogP contribution in [0.2, 0.25) is 0 Å². The highest BCUT2D eigenvalue weighted by Crippen LogP contribution is 2.27. The molecule has 1 fully saturated rings. The van der Waals surface area contributed by atoms with Crippen molar-refractivity contribution in [3.63, 3.8) is 0 Å². The van der Waals surface area contributed by atoms with Crippen molar-refractivity contribution in [1.29, 1.82) is 0 Å². The van der Waals surface area contributed by atoms with E-state index in [1.807, 2.05) is 20.8 Å². The van der Waals surface area contributed by atoms with Gasteiger partial charge in [0.15, 0.2) is 0 Å². The SMILES string of the molecule is Cc1cc(C)c(NC(=O)CN(C)C(=O)CCC2CCCCC2)c(C)c1. The zero-order chi connectivity index (χ0) is 18.4. The highest BCUT2D eigenvalue weighted by Gasteiger charge is 2.18. The molecule has 0 radical (unpaired) electrons. The minimum absolute atomic E-state index is 0.0677. The molecule has 1 aromatic carbocycles. The third-order valence-electron chi connectivity index (χ3n) is 5.24. The maximum absolute atomic E-state index is 12.3.